The third-order valence-corrected chi connectivity index (χ3v) is 3.33. The van der Waals surface area contributed by atoms with E-state index in [0.717, 1.165) is 5.56 Å². The Morgan fingerprint density at radius 2 is 2.00 bits per heavy atom. The van der Waals surface area contributed by atoms with E-state index in [1.54, 1.807) is 23.1 Å². The molecule has 0 heterocycles. The first-order chi connectivity index (χ1) is 10.5. The average Bonchev–Trinajstić information content (AvgIpc) is 2.48. The van der Waals surface area contributed by atoms with Crippen LogP contribution >= 0.6 is 11.6 Å². The van der Waals surface area contributed by atoms with Crippen molar-refractivity contribution >= 4 is 29.1 Å². The number of anilines is 1. The number of aryl methyl sites for hydroxylation is 1. The van der Waals surface area contributed by atoms with Crippen molar-refractivity contribution in [2.45, 2.75) is 13.8 Å². The van der Waals surface area contributed by atoms with Gasteiger partial charge in [0.15, 0.2) is 0 Å². The minimum Gasteiger partial charge on any atom is -0.352 e. The molecular weight excluding hydrogens is 302 g/mol. The van der Waals surface area contributed by atoms with Gasteiger partial charge in [0.2, 0.25) is 11.8 Å². The van der Waals surface area contributed by atoms with Gasteiger partial charge in [-0.25, -0.2) is 0 Å². The van der Waals surface area contributed by atoms with E-state index in [-0.39, 0.29) is 24.9 Å². The summed E-state index contributed by atoms with van der Waals surface area (Å²) in [6, 6.07) is 5.33. The molecule has 0 spiro atoms. The molecule has 0 unspecified atom stereocenters. The van der Waals surface area contributed by atoms with Crippen molar-refractivity contribution in [3.05, 3.63) is 41.4 Å². The quantitative estimate of drug-likeness (QED) is 0.721. The van der Waals surface area contributed by atoms with Crippen LogP contribution in [0.3, 0.4) is 0 Å². The number of likely N-dealkylation sites (N-methyl/N-ethyl adjacent to an activating group) is 1. The van der Waals surface area contributed by atoms with Crippen molar-refractivity contribution in [2.24, 2.45) is 0 Å². The summed E-state index contributed by atoms with van der Waals surface area (Å²) in [6.07, 6.45) is 1.61. The molecule has 1 aromatic rings. The van der Waals surface area contributed by atoms with Gasteiger partial charge in [0, 0.05) is 17.3 Å². The summed E-state index contributed by atoms with van der Waals surface area (Å²) in [4.78, 5) is 25.5. The molecule has 0 bridgehead atoms. The van der Waals surface area contributed by atoms with Gasteiger partial charge in [-0.05, 0) is 31.2 Å². The van der Waals surface area contributed by atoms with Crippen molar-refractivity contribution in [3.8, 4) is 0 Å². The lowest BCUT2D eigenvalue weighted by atomic mass is 10.2. The van der Waals surface area contributed by atoms with Crippen molar-refractivity contribution in [1.82, 2.24) is 10.2 Å². The Bertz CT molecular complexity index is 546. The topological polar surface area (TPSA) is 61.4 Å². The van der Waals surface area contributed by atoms with Crippen molar-refractivity contribution in [3.63, 3.8) is 0 Å². The molecule has 0 aliphatic heterocycles. The number of hydrogen-bond acceptors (Lipinski definition) is 3. The van der Waals surface area contributed by atoms with Gasteiger partial charge in [0.1, 0.15) is 0 Å². The largest absolute Gasteiger partial charge is 0.352 e. The van der Waals surface area contributed by atoms with Crippen molar-refractivity contribution in [1.29, 1.82) is 0 Å². The minimum absolute atomic E-state index is 0.131. The summed E-state index contributed by atoms with van der Waals surface area (Å²) in [5.74, 6) is -0.308. The van der Waals surface area contributed by atoms with E-state index in [0.29, 0.717) is 23.8 Å². The average molecular weight is 324 g/mol. The smallest absolute Gasteiger partial charge is 0.238 e. The van der Waals surface area contributed by atoms with Gasteiger partial charge in [0.05, 0.1) is 13.1 Å². The van der Waals surface area contributed by atoms with Gasteiger partial charge in [0.25, 0.3) is 0 Å². The summed E-state index contributed by atoms with van der Waals surface area (Å²) < 4.78 is 0. The summed E-state index contributed by atoms with van der Waals surface area (Å²) in [7, 11) is 0. The predicted molar refractivity (Wildman–Crippen MR) is 90.1 cm³/mol. The summed E-state index contributed by atoms with van der Waals surface area (Å²) in [5, 5.41) is 6.07. The number of carbonyl (C=O) groups excluding carboxylic acids is 2. The number of nitrogens with zero attached hydrogens (tertiary/aromatic N) is 1. The lowest BCUT2D eigenvalue weighted by molar-refractivity contribution is -0.123. The second-order valence-electron chi connectivity index (χ2n) is 4.90. The van der Waals surface area contributed by atoms with Crippen LogP contribution in [0, 0.1) is 6.92 Å². The highest BCUT2D eigenvalue weighted by Crippen LogP contribution is 2.20. The van der Waals surface area contributed by atoms with Gasteiger partial charge in [-0.3, -0.25) is 14.5 Å². The molecule has 120 valence electrons. The number of hydrogen-bond donors (Lipinski definition) is 2. The zero-order valence-electron chi connectivity index (χ0n) is 13.0. The lowest BCUT2D eigenvalue weighted by Crippen LogP contribution is -2.41. The van der Waals surface area contributed by atoms with Crippen LogP contribution in [0.4, 0.5) is 5.69 Å². The summed E-state index contributed by atoms with van der Waals surface area (Å²) in [5.41, 5.74) is 1.62. The molecule has 0 aliphatic rings. The fraction of sp³-hybridized carbons (Fsp3) is 0.375. The third-order valence-electron chi connectivity index (χ3n) is 3.10. The van der Waals surface area contributed by atoms with Gasteiger partial charge >= 0.3 is 0 Å². The maximum absolute atomic E-state index is 12.1. The molecule has 6 heteroatoms. The maximum atomic E-state index is 12.1. The van der Waals surface area contributed by atoms with Crippen LogP contribution in [0.5, 0.6) is 0 Å². The zero-order chi connectivity index (χ0) is 16.5. The van der Waals surface area contributed by atoms with Crippen LogP contribution in [0.25, 0.3) is 0 Å². The molecule has 0 fully saturated rings. The van der Waals surface area contributed by atoms with E-state index in [4.69, 9.17) is 11.6 Å². The van der Waals surface area contributed by atoms with Crippen LogP contribution in [-0.2, 0) is 9.59 Å². The highest BCUT2D eigenvalue weighted by Gasteiger charge is 2.13. The lowest BCUT2D eigenvalue weighted by Gasteiger charge is -2.19. The molecule has 22 heavy (non-hydrogen) atoms. The van der Waals surface area contributed by atoms with E-state index >= 15 is 0 Å². The number of rotatable bonds is 8. The molecule has 2 amide bonds. The Kier molecular flexibility index (Phi) is 7.63. The summed E-state index contributed by atoms with van der Waals surface area (Å²) in [6.45, 7) is 8.67. The Hall–Kier alpha value is -1.85. The third kappa shape index (κ3) is 6.28. The second kappa shape index (κ2) is 9.23. The number of halogens is 1. The molecule has 5 nitrogen and oxygen atoms in total. The number of benzene rings is 1. The standard InChI is InChI=1S/C16H22ClN3O2/c1-4-8-18-15(21)10-20(5-2)11-16(22)19-14-9-13(17)7-6-12(14)3/h4,6-7,9H,1,5,8,10-11H2,2-3H3,(H,18,21)(H,19,22). The Balaban J connectivity index is 2.56. The fourth-order valence-corrected chi connectivity index (χ4v) is 2.02. The van der Waals surface area contributed by atoms with Crippen molar-refractivity contribution < 1.29 is 9.59 Å². The van der Waals surface area contributed by atoms with Gasteiger partial charge < -0.3 is 10.6 Å². The van der Waals surface area contributed by atoms with Crippen LogP contribution < -0.4 is 10.6 Å². The fourth-order valence-electron chi connectivity index (χ4n) is 1.85. The molecule has 1 aromatic carbocycles. The number of nitrogens with one attached hydrogen (secondary N) is 2. The SMILES string of the molecule is C=CCNC(=O)CN(CC)CC(=O)Nc1cc(Cl)ccc1C. The molecule has 0 aliphatic carbocycles. The monoisotopic (exact) mass is 323 g/mol. The highest BCUT2D eigenvalue weighted by molar-refractivity contribution is 6.31. The molecule has 0 atom stereocenters. The van der Waals surface area contributed by atoms with Crippen LogP contribution in [0.2, 0.25) is 5.02 Å². The summed E-state index contributed by atoms with van der Waals surface area (Å²) >= 11 is 5.93. The molecule has 1 rings (SSSR count). The minimum atomic E-state index is -0.177. The van der Waals surface area contributed by atoms with E-state index < -0.39 is 0 Å². The van der Waals surface area contributed by atoms with Gasteiger partial charge in [-0.1, -0.05) is 30.7 Å². The van der Waals surface area contributed by atoms with Crippen LogP contribution in [0.15, 0.2) is 30.9 Å². The number of amides is 2. The van der Waals surface area contributed by atoms with E-state index in [1.807, 2.05) is 19.9 Å². The first-order valence-electron chi connectivity index (χ1n) is 7.12. The molecule has 2 N–H and O–H groups in total. The molecule has 0 radical (unpaired) electrons. The Morgan fingerprint density at radius 3 is 2.64 bits per heavy atom. The van der Waals surface area contributed by atoms with Gasteiger partial charge in [-0.15, -0.1) is 6.58 Å². The molecular formula is C16H22ClN3O2. The zero-order valence-corrected chi connectivity index (χ0v) is 13.7. The Morgan fingerprint density at radius 1 is 1.32 bits per heavy atom. The predicted octanol–water partition coefficient (Wildman–Crippen LogP) is 2.21. The normalized spacial score (nSPS) is 10.4. The van der Waals surface area contributed by atoms with E-state index in [2.05, 4.69) is 17.2 Å². The van der Waals surface area contributed by atoms with E-state index in [1.165, 1.54) is 0 Å². The highest BCUT2D eigenvalue weighted by atomic mass is 35.5. The first kappa shape index (κ1) is 18.2. The maximum Gasteiger partial charge on any atom is 0.238 e. The molecule has 0 saturated carbocycles. The molecule has 0 saturated heterocycles. The molecule has 0 aromatic heterocycles. The first-order valence-corrected chi connectivity index (χ1v) is 7.50. The van der Waals surface area contributed by atoms with Crippen LogP contribution in [0.1, 0.15) is 12.5 Å². The second-order valence-corrected chi connectivity index (χ2v) is 5.34. The van der Waals surface area contributed by atoms with Crippen molar-refractivity contribution in [2.75, 3.05) is 31.5 Å². The van der Waals surface area contributed by atoms with Gasteiger partial charge in [-0.2, -0.15) is 0 Å². The van der Waals surface area contributed by atoms with Crippen LogP contribution in [-0.4, -0.2) is 42.9 Å². The number of carbonyl (C=O) groups is 2. The Labute approximate surface area is 136 Å². The van der Waals surface area contributed by atoms with E-state index in [9.17, 15) is 9.59 Å².